The molecule has 1 aromatic carbocycles. The van der Waals surface area contributed by atoms with E-state index in [1.165, 1.54) is 16.9 Å². The molecular formula is C19H22N6OS. The highest BCUT2D eigenvalue weighted by atomic mass is 32.1. The van der Waals surface area contributed by atoms with Crippen LogP contribution in [0.2, 0.25) is 0 Å². The smallest absolute Gasteiger partial charge is 0.211 e. The van der Waals surface area contributed by atoms with Gasteiger partial charge in [-0.2, -0.15) is 0 Å². The maximum absolute atomic E-state index is 5.35. The Bertz CT molecular complexity index is 914. The van der Waals surface area contributed by atoms with Crippen LogP contribution in [-0.2, 0) is 6.54 Å². The summed E-state index contributed by atoms with van der Waals surface area (Å²) in [4.78, 5) is 11.6. The van der Waals surface area contributed by atoms with Gasteiger partial charge in [-0.1, -0.05) is 23.5 Å². The van der Waals surface area contributed by atoms with Crippen LogP contribution in [-0.4, -0.2) is 38.7 Å². The summed E-state index contributed by atoms with van der Waals surface area (Å²) in [6.07, 6.45) is 5.83. The number of anilines is 2. The lowest BCUT2D eigenvalue weighted by atomic mass is 10.1. The molecule has 1 atom stereocenters. The topological polar surface area (TPSA) is 76.1 Å². The standard InChI is InChI=1S/C19H22N6OS/c1-13-23-24-19(27-13)22-18-11-20-10-16(21-18)17-7-4-8-25(17)12-14-5-3-6-15(9-14)26-2/h3,5-6,9-11,17H,4,7-8,12H2,1-2H3,(H,21,22,24)/t17-/m1/s1. The summed E-state index contributed by atoms with van der Waals surface area (Å²) in [6.45, 7) is 3.85. The lowest BCUT2D eigenvalue weighted by Crippen LogP contribution is -2.23. The molecule has 0 radical (unpaired) electrons. The first-order valence-corrected chi connectivity index (χ1v) is 9.79. The van der Waals surface area contributed by atoms with Gasteiger partial charge in [-0.25, -0.2) is 4.98 Å². The van der Waals surface area contributed by atoms with Gasteiger partial charge in [0.1, 0.15) is 10.8 Å². The molecule has 27 heavy (non-hydrogen) atoms. The van der Waals surface area contributed by atoms with Crippen molar-refractivity contribution < 1.29 is 4.74 Å². The highest BCUT2D eigenvalue weighted by Crippen LogP contribution is 2.33. The lowest BCUT2D eigenvalue weighted by molar-refractivity contribution is 0.244. The van der Waals surface area contributed by atoms with Gasteiger partial charge >= 0.3 is 0 Å². The normalized spacial score (nSPS) is 17.2. The van der Waals surface area contributed by atoms with Crippen molar-refractivity contribution in [3.8, 4) is 5.75 Å². The van der Waals surface area contributed by atoms with Gasteiger partial charge in [0, 0.05) is 6.54 Å². The molecule has 0 unspecified atom stereocenters. The summed E-state index contributed by atoms with van der Waals surface area (Å²) in [5, 5.41) is 13.0. The predicted molar refractivity (Wildman–Crippen MR) is 105 cm³/mol. The Hall–Kier alpha value is -2.58. The molecular weight excluding hydrogens is 360 g/mol. The molecule has 1 saturated heterocycles. The summed E-state index contributed by atoms with van der Waals surface area (Å²) >= 11 is 1.50. The number of methoxy groups -OCH3 is 1. The fraction of sp³-hybridized carbons (Fsp3) is 0.368. The minimum atomic E-state index is 0.265. The van der Waals surface area contributed by atoms with E-state index in [2.05, 4.69) is 37.5 Å². The van der Waals surface area contributed by atoms with Crippen molar-refractivity contribution in [3.05, 3.63) is 52.9 Å². The highest BCUT2D eigenvalue weighted by molar-refractivity contribution is 7.15. The fourth-order valence-electron chi connectivity index (χ4n) is 3.41. The Morgan fingerprint density at radius 2 is 2.22 bits per heavy atom. The second kappa shape index (κ2) is 7.98. The lowest BCUT2D eigenvalue weighted by Gasteiger charge is -2.24. The second-order valence-corrected chi connectivity index (χ2v) is 7.74. The van der Waals surface area contributed by atoms with E-state index in [1.807, 2.05) is 25.3 Å². The van der Waals surface area contributed by atoms with Crippen molar-refractivity contribution in [1.29, 1.82) is 0 Å². The van der Waals surface area contributed by atoms with E-state index in [1.54, 1.807) is 13.3 Å². The van der Waals surface area contributed by atoms with Crippen molar-refractivity contribution in [2.75, 3.05) is 19.0 Å². The number of nitrogens with one attached hydrogen (secondary N) is 1. The number of hydrogen-bond acceptors (Lipinski definition) is 8. The van der Waals surface area contributed by atoms with Crippen molar-refractivity contribution >= 4 is 22.3 Å². The van der Waals surface area contributed by atoms with Gasteiger partial charge in [0.05, 0.1) is 31.2 Å². The Morgan fingerprint density at radius 3 is 3.04 bits per heavy atom. The molecule has 4 rings (SSSR count). The molecule has 3 aromatic rings. The van der Waals surface area contributed by atoms with Crippen LogP contribution in [0.5, 0.6) is 5.75 Å². The fourth-order valence-corrected chi connectivity index (χ4v) is 4.01. The summed E-state index contributed by atoms with van der Waals surface area (Å²) in [5.74, 6) is 1.60. The summed E-state index contributed by atoms with van der Waals surface area (Å²) in [5.41, 5.74) is 2.23. The molecule has 1 aliphatic heterocycles. The molecule has 0 amide bonds. The number of hydrogen-bond donors (Lipinski definition) is 1. The molecule has 1 aliphatic rings. The highest BCUT2D eigenvalue weighted by Gasteiger charge is 2.27. The Morgan fingerprint density at radius 1 is 1.30 bits per heavy atom. The van der Waals surface area contributed by atoms with Gasteiger partial charge in [-0.3, -0.25) is 9.88 Å². The molecule has 2 aromatic heterocycles. The molecule has 3 heterocycles. The van der Waals surface area contributed by atoms with E-state index in [9.17, 15) is 0 Å². The Kier molecular flexibility index (Phi) is 5.26. The number of rotatable bonds is 6. The van der Waals surface area contributed by atoms with E-state index < -0.39 is 0 Å². The van der Waals surface area contributed by atoms with Crippen molar-refractivity contribution in [1.82, 2.24) is 25.1 Å². The molecule has 8 heteroatoms. The molecule has 140 valence electrons. The second-order valence-electron chi connectivity index (χ2n) is 6.56. The third-order valence-corrected chi connectivity index (χ3v) is 5.39. The third kappa shape index (κ3) is 4.23. The average molecular weight is 382 g/mol. The minimum absolute atomic E-state index is 0.265. The van der Waals surface area contributed by atoms with Crippen LogP contribution >= 0.6 is 11.3 Å². The first kappa shape index (κ1) is 17.8. The molecule has 7 nitrogen and oxygen atoms in total. The Labute approximate surface area is 162 Å². The van der Waals surface area contributed by atoms with Gasteiger partial charge in [-0.05, 0) is 44.0 Å². The van der Waals surface area contributed by atoms with E-state index in [4.69, 9.17) is 9.72 Å². The van der Waals surface area contributed by atoms with Crippen LogP contribution in [0.1, 0.15) is 35.1 Å². The first-order chi connectivity index (χ1) is 13.2. The predicted octanol–water partition coefficient (Wildman–Crippen LogP) is 3.73. The van der Waals surface area contributed by atoms with Gasteiger partial charge in [0.2, 0.25) is 5.13 Å². The average Bonchev–Trinajstić information content (AvgIpc) is 3.31. The minimum Gasteiger partial charge on any atom is -0.497 e. The number of aromatic nitrogens is 4. The monoisotopic (exact) mass is 382 g/mol. The maximum atomic E-state index is 5.35. The zero-order valence-corrected chi connectivity index (χ0v) is 16.2. The van der Waals surface area contributed by atoms with Gasteiger partial charge < -0.3 is 10.1 Å². The van der Waals surface area contributed by atoms with Crippen LogP contribution in [0.4, 0.5) is 10.9 Å². The van der Waals surface area contributed by atoms with Crippen LogP contribution in [0.25, 0.3) is 0 Å². The van der Waals surface area contributed by atoms with Gasteiger partial charge in [0.25, 0.3) is 0 Å². The first-order valence-electron chi connectivity index (χ1n) is 8.97. The summed E-state index contributed by atoms with van der Waals surface area (Å²) in [6, 6.07) is 8.51. The van der Waals surface area contributed by atoms with Gasteiger partial charge in [-0.15, -0.1) is 10.2 Å². The number of likely N-dealkylation sites (tertiary alicyclic amines) is 1. The molecule has 0 saturated carbocycles. The number of ether oxygens (including phenoxy) is 1. The van der Waals surface area contributed by atoms with Crippen LogP contribution in [0.15, 0.2) is 36.7 Å². The van der Waals surface area contributed by atoms with Crippen molar-refractivity contribution in [3.63, 3.8) is 0 Å². The Balaban J connectivity index is 1.50. The SMILES string of the molecule is COc1cccc(CN2CCC[C@@H]2c2cncc(Nc3nnc(C)s3)n2)c1. The van der Waals surface area contributed by atoms with Crippen LogP contribution < -0.4 is 10.1 Å². The quantitative estimate of drug-likeness (QED) is 0.696. The summed E-state index contributed by atoms with van der Waals surface area (Å²) in [7, 11) is 1.70. The molecule has 0 spiro atoms. The zero-order valence-electron chi connectivity index (χ0n) is 15.4. The maximum Gasteiger partial charge on any atom is 0.211 e. The summed E-state index contributed by atoms with van der Waals surface area (Å²) < 4.78 is 5.35. The van der Waals surface area contributed by atoms with Crippen LogP contribution in [0.3, 0.4) is 0 Å². The largest absolute Gasteiger partial charge is 0.497 e. The number of benzene rings is 1. The van der Waals surface area contributed by atoms with E-state index >= 15 is 0 Å². The van der Waals surface area contributed by atoms with Crippen LogP contribution in [0, 0.1) is 6.92 Å². The van der Waals surface area contributed by atoms with Crippen molar-refractivity contribution in [2.45, 2.75) is 32.4 Å². The van der Waals surface area contributed by atoms with E-state index in [-0.39, 0.29) is 6.04 Å². The zero-order chi connectivity index (χ0) is 18.6. The number of aryl methyl sites for hydroxylation is 1. The molecule has 0 bridgehead atoms. The van der Waals surface area contributed by atoms with E-state index in [0.29, 0.717) is 5.82 Å². The third-order valence-electron chi connectivity index (χ3n) is 4.64. The molecule has 0 aliphatic carbocycles. The molecule has 1 fully saturated rings. The van der Waals surface area contributed by atoms with E-state index in [0.717, 1.165) is 47.5 Å². The molecule has 1 N–H and O–H groups in total. The van der Waals surface area contributed by atoms with Gasteiger partial charge in [0.15, 0.2) is 5.82 Å². The van der Waals surface area contributed by atoms with Crippen molar-refractivity contribution in [2.24, 2.45) is 0 Å². The number of nitrogens with zero attached hydrogens (tertiary/aromatic N) is 5.